The average molecular weight is 705 g/mol. The van der Waals surface area contributed by atoms with E-state index in [2.05, 4.69) is 197 Å². The fraction of sp³-hybridized carbons (Fsp3) is 0.388. The highest BCUT2D eigenvalue weighted by Gasteiger charge is 2.30. The summed E-state index contributed by atoms with van der Waals surface area (Å²) in [6.07, 6.45) is 0. The van der Waals surface area contributed by atoms with E-state index in [0.29, 0.717) is 0 Å². The summed E-state index contributed by atoms with van der Waals surface area (Å²) in [7, 11) is -1.98. The van der Waals surface area contributed by atoms with Crippen molar-refractivity contribution in [3.8, 4) is 16.8 Å². The molecular formula is C49H60N2Si. The van der Waals surface area contributed by atoms with Crippen molar-refractivity contribution < 1.29 is 0 Å². The zero-order valence-corrected chi connectivity index (χ0v) is 35.5. The molecule has 52 heavy (non-hydrogen) atoms. The van der Waals surface area contributed by atoms with Gasteiger partial charge >= 0.3 is 0 Å². The molecule has 7 aromatic rings. The second kappa shape index (κ2) is 11.7. The maximum absolute atomic E-state index is 3.94. The number of nitrogens with one attached hydrogen (secondary N) is 1. The third kappa shape index (κ3) is 6.13. The van der Waals surface area contributed by atoms with Crippen LogP contribution in [0.2, 0.25) is 19.6 Å². The van der Waals surface area contributed by atoms with Gasteiger partial charge in [0.05, 0.1) is 24.6 Å². The third-order valence-corrected chi connectivity index (χ3v) is 13.3. The van der Waals surface area contributed by atoms with Gasteiger partial charge in [-0.25, -0.2) is 0 Å². The summed E-state index contributed by atoms with van der Waals surface area (Å²) in [4.78, 5) is 3.94. The number of aromatic amines is 1. The molecule has 0 radical (unpaired) electrons. The Morgan fingerprint density at radius 3 is 1.40 bits per heavy atom. The molecule has 0 aliphatic heterocycles. The number of H-pyrrole nitrogens is 1. The summed E-state index contributed by atoms with van der Waals surface area (Å²) >= 11 is 0. The molecule has 2 aromatic heterocycles. The van der Waals surface area contributed by atoms with Crippen LogP contribution in [0.1, 0.15) is 105 Å². The molecule has 3 heteroatoms. The van der Waals surface area contributed by atoms with Crippen LogP contribution in [0, 0.1) is 0 Å². The van der Waals surface area contributed by atoms with Gasteiger partial charge in [0.1, 0.15) is 0 Å². The second-order valence-corrected chi connectivity index (χ2v) is 25.6. The third-order valence-electron chi connectivity index (χ3n) is 11.3. The summed E-state index contributed by atoms with van der Waals surface area (Å²) in [5, 5.41) is 6.80. The zero-order chi connectivity index (χ0) is 37.9. The number of hydrogen-bond acceptors (Lipinski definition) is 0. The van der Waals surface area contributed by atoms with E-state index in [1.807, 2.05) is 0 Å². The molecule has 0 bridgehead atoms. The molecule has 0 fully saturated rings. The molecule has 5 aromatic carbocycles. The lowest BCUT2D eigenvalue weighted by Crippen LogP contribution is -2.41. The lowest BCUT2D eigenvalue weighted by molar-refractivity contribution is 0.590. The largest absolute Gasteiger partial charge is 0.354 e. The number of nitrogens with zero attached hydrogens (tertiary/aromatic N) is 1. The highest BCUT2D eigenvalue weighted by molar-refractivity contribution is 6.90. The van der Waals surface area contributed by atoms with Gasteiger partial charge in [-0.05, 0) is 109 Å². The molecule has 270 valence electrons. The Labute approximate surface area is 313 Å². The van der Waals surface area contributed by atoms with Gasteiger partial charge in [0.15, 0.2) is 0 Å². The number of fused-ring (bicyclic) bond motifs is 6. The van der Waals surface area contributed by atoms with Crippen molar-refractivity contribution in [3.05, 3.63) is 107 Å². The zero-order valence-electron chi connectivity index (χ0n) is 34.5. The van der Waals surface area contributed by atoms with Crippen LogP contribution in [0.5, 0.6) is 0 Å². The molecule has 0 amide bonds. The summed E-state index contributed by atoms with van der Waals surface area (Å²) in [5.74, 6) is 0. The van der Waals surface area contributed by atoms with Gasteiger partial charge in [-0.15, -0.1) is 0 Å². The van der Waals surface area contributed by atoms with Crippen LogP contribution < -0.4 is 5.19 Å². The van der Waals surface area contributed by atoms with Crippen LogP contribution in [-0.4, -0.2) is 17.6 Å². The SMILES string of the molecule is CC(C)(C)c1ccc2[nH]c3c(-c4cccc(-n5c6ccc(C(C)(C)C)cc6c6cc(C(C)(C)C)ccc65)c4[Si](C)(C)C)cc(C(C)(C)C)cc3c2c1. The highest BCUT2D eigenvalue weighted by atomic mass is 28.3. The van der Waals surface area contributed by atoms with Gasteiger partial charge in [0, 0.05) is 38.3 Å². The molecule has 0 saturated heterocycles. The Bertz CT molecular complexity index is 2450. The van der Waals surface area contributed by atoms with Crippen LogP contribution >= 0.6 is 0 Å². The Morgan fingerprint density at radius 2 is 0.923 bits per heavy atom. The van der Waals surface area contributed by atoms with Gasteiger partial charge in [-0.2, -0.15) is 0 Å². The van der Waals surface area contributed by atoms with Gasteiger partial charge in [-0.3, -0.25) is 0 Å². The fourth-order valence-corrected chi connectivity index (χ4v) is 10.1. The van der Waals surface area contributed by atoms with E-state index in [1.165, 1.54) is 87.9 Å². The van der Waals surface area contributed by atoms with Crippen LogP contribution in [0.15, 0.2) is 84.9 Å². The number of rotatable bonds is 3. The highest BCUT2D eigenvalue weighted by Crippen LogP contribution is 2.42. The van der Waals surface area contributed by atoms with Crippen molar-refractivity contribution in [1.82, 2.24) is 9.55 Å². The fourth-order valence-electron chi connectivity index (χ4n) is 8.07. The standard InChI is InChI=1S/C49H60N2Si/c1-46(2,3)30-19-22-40-35(25-30)39-29-33(49(10,11)12)28-38(44(39)50-40)34-17-16-18-43(45(34)52(13,14)15)51-41-23-20-31(47(4,5)6)26-36(41)37-27-32(48(7,8)9)21-24-42(37)51/h16-29,50H,1-15H3. The van der Waals surface area contributed by atoms with Crippen molar-refractivity contribution in [2.75, 3.05) is 0 Å². The lowest BCUT2D eigenvalue weighted by atomic mass is 9.83. The first kappa shape index (κ1) is 36.3. The molecule has 2 nitrogen and oxygen atoms in total. The summed E-state index contributed by atoms with van der Waals surface area (Å²) in [6, 6.07) is 33.5. The molecule has 0 aliphatic rings. The maximum atomic E-state index is 3.94. The van der Waals surface area contributed by atoms with Crippen LogP contribution in [0.3, 0.4) is 0 Å². The molecule has 0 spiro atoms. The number of benzene rings is 5. The van der Waals surface area contributed by atoms with Crippen LogP contribution in [0.4, 0.5) is 0 Å². The van der Waals surface area contributed by atoms with Crippen LogP contribution in [0.25, 0.3) is 60.4 Å². The van der Waals surface area contributed by atoms with E-state index >= 15 is 0 Å². The average Bonchev–Trinajstić information content (AvgIpc) is 3.56. The Morgan fingerprint density at radius 1 is 0.462 bits per heavy atom. The Balaban J connectivity index is 1.61. The number of hydrogen-bond donors (Lipinski definition) is 1. The Kier molecular flexibility index (Phi) is 8.17. The van der Waals surface area contributed by atoms with E-state index < -0.39 is 8.07 Å². The second-order valence-electron chi connectivity index (χ2n) is 20.6. The first-order chi connectivity index (χ1) is 23.9. The van der Waals surface area contributed by atoms with Crippen molar-refractivity contribution in [2.24, 2.45) is 0 Å². The van der Waals surface area contributed by atoms with Crippen molar-refractivity contribution in [2.45, 2.75) is 124 Å². The molecule has 0 aliphatic carbocycles. The van der Waals surface area contributed by atoms with Crippen LogP contribution in [-0.2, 0) is 21.7 Å². The van der Waals surface area contributed by atoms with Crippen molar-refractivity contribution >= 4 is 56.9 Å². The molecule has 0 saturated carbocycles. The quantitative estimate of drug-likeness (QED) is 0.177. The molecule has 2 heterocycles. The monoisotopic (exact) mass is 704 g/mol. The minimum absolute atomic E-state index is 0.00649. The molecule has 7 rings (SSSR count). The topological polar surface area (TPSA) is 20.7 Å². The van der Waals surface area contributed by atoms with Gasteiger partial charge < -0.3 is 9.55 Å². The molecule has 0 unspecified atom stereocenters. The van der Waals surface area contributed by atoms with E-state index in [4.69, 9.17) is 0 Å². The molecule has 0 atom stereocenters. The van der Waals surface area contributed by atoms with E-state index in [0.717, 1.165) is 0 Å². The van der Waals surface area contributed by atoms with Crippen molar-refractivity contribution in [3.63, 3.8) is 0 Å². The first-order valence-electron chi connectivity index (χ1n) is 19.3. The van der Waals surface area contributed by atoms with E-state index in [1.54, 1.807) is 0 Å². The normalized spacial score (nSPS) is 13.7. The summed E-state index contributed by atoms with van der Waals surface area (Å²) in [6.45, 7) is 35.4. The van der Waals surface area contributed by atoms with Crippen molar-refractivity contribution in [1.29, 1.82) is 0 Å². The number of aromatic nitrogens is 2. The van der Waals surface area contributed by atoms with E-state index in [9.17, 15) is 0 Å². The minimum Gasteiger partial charge on any atom is -0.354 e. The maximum Gasteiger partial charge on any atom is 0.0811 e. The predicted molar refractivity (Wildman–Crippen MR) is 233 cm³/mol. The summed E-state index contributed by atoms with van der Waals surface area (Å²) in [5.41, 5.74) is 14.6. The predicted octanol–water partition coefficient (Wildman–Crippen LogP) is 13.8. The van der Waals surface area contributed by atoms with Gasteiger partial charge in [0.25, 0.3) is 0 Å². The lowest BCUT2D eigenvalue weighted by Gasteiger charge is -2.28. The summed E-state index contributed by atoms with van der Waals surface area (Å²) < 4.78 is 2.59. The van der Waals surface area contributed by atoms with Gasteiger partial charge in [0.2, 0.25) is 0 Å². The molecular weight excluding hydrogens is 645 g/mol. The Hall–Kier alpha value is -4.08. The first-order valence-corrected chi connectivity index (χ1v) is 22.8. The minimum atomic E-state index is -1.98. The van der Waals surface area contributed by atoms with E-state index in [-0.39, 0.29) is 21.7 Å². The molecule has 1 N–H and O–H groups in total. The smallest absolute Gasteiger partial charge is 0.0811 e. The van der Waals surface area contributed by atoms with Gasteiger partial charge in [-0.1, -0.05) is 133 Å².